The molecule has 1 unspecified atom stereocenters. The first-order valence-electron chi connectivity index (χ1n) is 7.90. The molecular weight excluding hydrogens is 208 g/mol. The first-order chi connectivity index (χ1) is 8.30. The zero-order valence-corrected chi connectivity index (χ0v) is 12.0. The molecule has 1 nitrogen and oxygen atoms in total. The van der Waals surface area contributed by atoms with Gasteiger partial charge in [0.05, 0.1) is 0 Å². The lowest BCUT2D eigenvalue weighted by Crippen LogP contribution is -2.19. The highest BCUT2D eigenvalue weighted by atomic mass is 16.3. The molecule has 0 bridgehead atoms. The van der Waals surface area contributed by atoms with Crippen LogP contribution in [0.3, 0.4) is 0 Å². The smallest absolute Gasteiger partial charge is 0.0459 e. The van der Waals surface area contributed by atoms with Gasteiger partial charge in [0.25, 0.3) is 0 Å². The highest BCUT2D eigenvalue weighted by Crippen LogP contribution is 2.35. The molecule has 0 heterocycles. The van der Waals surface area contributed by atoms with Gasteiger partial charge < -0.3 is 5.11 Å². The summed E-state index contributed by atoms with van der Waals surface area (Å²) in [5, 5.41) is 9.42. The minimum absolute atomic E-state index is 0.412. The third kappa shape index (κ3) is 5.90. The average Bonchev–Trinajstić information content (AvgIpc) is 2.37. The van der Waals surface area contributed by atoms with E-state index in [0.717, 1.165) is 11.8 Å². The second-order valence-corrected chi connectivity index (χ2v) is 6.10. The van der Waals surface area contributed by atoms with Crippen LogP contribution in [0.25, 0.3) is 0 Å². The summed E-state index contributed by atoms with van der Waals surface area (Å²) in [5.74, 6) is 2.51. The second kappa shape index (κ2) is 8.97. The third-order valence-electron chi connectivity index (χ3n) is 4.55. The minimum Gasteiger partial charge on any atom is -0.396 e. The SMILES string of the molecule is CCCCC(CO)CC1CCC(CCC)CC1. The molecule has 0 aliphatic heterocycles. The molecule has 0 aromatic heterocycles. The van der Waals surface area contributed by atoms with Gasteiger partial charge in [-0.05, 0) is 30.6 Å². The second-order valence-electron chi connectivity index (χ2n) is 6.10. The maximum Gasteiger partial charge on any atom is 0.0459 e. The molecule has 1 rings (SSSR count). The van der Waals surface area contributed by atoms with Gasteiger partial charge in [-0.15, -0.1) is 0 Å². The fourth-order valence-corrected chi connectivity index (χ4v) is 3.41. The van der Waals surface area contributed by atoms with E-state index in [1.807, 2.05) is 0 Å². The summed E-state index contributed by atoms with van der Waals surface area (Å²) in [7, 11) is 0. The van der Waals surface area contributed by atoms with Gasteiger partial charge in [-0.25, -0.2) is 0 Å². The summed E-state index contributed by atoms with van der Waals surface area (Å²) >= 11 is 0. The highest BCUT2D eigenvalue weighted by Gasteiger charge is 2.22. The number of unbranched alkanes of at least 4 members (excludes halogenated alkanes) is 1. The van der Waals surface area contributed by atoms with E-state index in [1.54, 1.807) is 0 Å². The largest absolute Gasteiger partial charge is 0.396 e. The summed E-state index contributed by atoms with van der Waals surface area (Å²) in [5.41, 5.74) is 0. The van der Waals surface area contributed by atoms with Crippen molar-refractivity contribution in [1.29, 1.82) is 0 Å². The quantitative estimate of drug-likeness (QED) is 0.647. The molecule has 1 fully saturated rings. The van der Waals surface area contributed by atoms with E-state index >= 15 is 0 Å². The van der Waals surface area contributed by atoms with E-state index in [-0.39, 0.29) is 0 Å². The maximum atomic E-state index is 9.42. The van der Waals surface area contributed by atoms with E-state index in [0.29, 0.717) is 12.5 Å². The Morgan fingerprint density at radius 3 is 2.18 bits per heavy atom. The fourth-order valence-electron chi connectivity index (χ4n) is 3.41. The van der Waals surface area contributed by atoms with Crippen molar-refractivity contribution >= 4 is 0 Å². The summed E-state index contributed by atoms with van der Waals surface area (Å²) in [6.07, 6.45) is 13.6. The van der Waals surface area contributed by atoms with Crippen LogP contribution in [0.4, 0.5) is 0 Å². The molecule has 1 N–H and O–H groups in total. The lowest BCUT2D eigenvalue weighted by atomic mass is 9.76. The van der Waals surface area contributed by atoms with E-state index in [9.17, 15) is 5.11 Å². The third-order valence-corrected chi connectivity index (χ3v) is 4.55. The van der Waals surface area contributed by atoms with E-state index < -0.39 is 0 Å². The Morgan fingerprint density at radius 2 is 1.65 bits per heavy atom. The molecule has 0 spiro atoms. The predicted octanol–water partition coefficient (Wildman–Crippen LogP) is 4.78. The van der Waals surface area contributed by atoms with Gasteiger partial charge in [0.1, 0.15) is 0 Å². The zero-order valence-electron chi connectivity index (χ0n) is 12.0. The molecule has 17 heavy (non-hydrogen) atoms. The zero-order chi connectivity index (χ0) is 12.5. The predicted molar refractivity (Wildman–Crippen MR) is 75.1 cm³/mol. The Hall–Kier alpha value is -0.0400. The Bertz CT molecular complexity index is 170. The van der Waals surface area contributed by atoms with E-state index in [2.05, 4.69) is 13.8 Å². The van der Waals surface area contributed by atoms with Crippen molar-refractivity contribution < 1.29 is 5.11 Å². The van der Waals surface area contributed by atoms with Crippen LogP contribution in [0.15, 0.2) is 0 Å². The van der Waals surface area contributed by atoms with Crippen molar-refractivity contribution in [3.05, 3.63) is 0 Å². The molecule has 1 aliphatic carbocycles. The van der Waals surface area contributed by atoms with Crippen LogP contribution in [0, 0.1) is 17.8 Å². The molecule has 0 aromatic carbocycles. The van der Waals surface area contributed by atoms with Crippen molar-refractivity contribution in [2.24, 2.45) is 17.8 Å². The van der Waals surface area contributed by atoms with Gasteiger partial charge in [0.2, 0.25) is 0 Å². The van der Waals surface area contributed by atoms with Gasteiger partial charge >= 0.3 is 0 Å². The molecule has 1 heteroatoms. The Labute approximate surface area is 108 Å². The molecular formula is C16H32O. The van der Waals surface area contributed by atoms with Crippen LogP contribution >= 0.6 is 0 Å². The Kier molecular flexibility index (Phi) is 7.92. The summed E-state index contributed by atoms with van der Waals surface area (Å²) in [6, 6.07) is 0. The molecule has 1 atom stereocenters. The van der Waals surface area contributed by atoms with Gasteiger partial charge in [0.15, 0.2) is 0 Å². The number of hydrogen-bond acceptors (Lipinski definition) is 1. The summed E-state index contributed by atoms with van der Waals surface area (Å²) in [6.45, 7) is 4.96. The number of rotatable bonds is 8. The van der Waals surface area contributed by atoms with Crippen LogP contribution in [0.1, 0.15) is 78.1 Å². The molecule has 0 saturated heterocycles. The van der Waals surface area contributed by atoms with Crippen molar-refractivity contribution in [2.75, 3.05) is 6.61 Å². The lowest BCUT2D eigenvalue weighted by Gasteiger charge is -2.30. The average molecular weight is 240 g/mol. The topological polar surface area (TPSA) is 20.2 Å². The Morgan fingerprint density at radius 1 is 1.00 bits per heavy atom. The van der Waals surface area contributed by atoms with Gasteiger partial charge in [0, 0.05) is 6.61 Å². The van der Waals surface area contributed by atoms with E-state index in [1.165, 1.54) is 64.2 Å². The first-order valence-corrected chi connectivity index (χ1v) is 7.90. The number of aliphatic hydroxyl groups excluding tert-OH is 1. The summed E-state index contributed by atoms with van der Waals surface area (Å²) < 4.78 is 0. The first kappa shape index (κ1) is 15.0. The Balaban J connectivity index is 2.19. The van der Waals surface area contributed by atoms with Crippen LogP contribution in [-0.4, -0.2) is 11.7 Å². The summed E-state index contributed by atoms with van der Waals surface area (Å²) in [4.78, 5) is 0. The highest BCUT2D eigenvalue weighted by molar-refractivity contribution is 4.75. The van der Waals surface area contributed by atoms with Crippen molar-refractivity contribution in [3.63, 3.8) is 0 Å². The molecule has 1 aliphatic rings. The van der Waals surface area contributed by atoms with Gasteiger partial charge in [-0.1, -0.05) is 65.2 Å². The molecule has 0 radical (unpaired) electrons. The van der Waals surface area contributed by atoms with Crippen LogP contribution in [-0.2, 0) is 0 Å². The number of hydrogen-bond donors (Lipinski definition) is 1. The minimum atomic E-state index is 0.412. The molecule has 0 amide bonds. The van der Waals surface area contributed by atoms with E-state index in [4.69, 9.17) is 0 Å². The molecule has 102 valence electrons. The van der Waals surface area contributed by atoms with Crippen LogP contribution in [0.5, 0.6) is 0 Å². The molecule has 0 aromatic rings. The van der Waals surface area contributed by atoms with Crippen molar-refractivity contribution in [2.45, 2.75) is 78.1 Å². The fraction of sp³-hybridized carbons (Fsp3) is 1.00. The van der Waals surface area contributed by atoms with Crippen LogP contribution < -0.4 is 0 Å². The normalized spacial score (nSPS) is 27.0. The lowest BCUT2D eigenvalue weighted by molar-refractivity contribution is 0.163. The number of aliphatic hydroxyl groups is 1. The molecule has 1 saturated carbocycles. The van der Waals surface area contributed by atoms with Gasteiger partial charge in [-0.2, -0.15) is 0 Å². The monoisotopic (exact) mass is 240 g/mol. The van der Waals surface area contributed by atoms with Crippen molar-refractivity contribution in [1.82, 2.24) is 0 Å². The van der Waals surface area contributed by atoms with Crippen molar-refractivity contribution in [3.8, 4) is 0 Å². The maximum absolute atomic E-state index is 9.42. The standard InChI is InChI=1S/C16H32O/c1-3-5-7-16(13-17)12-15-10-8-14(6-4-2)9-11-15/h14-17H,3-13H2,1-2H3. The van der Waals surface area contributed by atoms with Gasteiger partial charge in [-0.3, -0.25) is 0 Å². The van der Waals surface area contributed by atoms with Crippen LogP contribution in [0.2, 0.25) is 0 Å².